The molecule has 1 aromatic heterocycles. The van der Waals surface area contributed by atoms with Crippen LogP contribution in [0.5, 0.6) is 0 Å². The number of carboxylic acids is 1. The van der Waals surface area contributed by atoms with Gasteiger partial charge in [0.1, 0.15) is 5.00 Å². The molecule has 0 aromatic carbocycles. The lowest BCUT2D eigenvalue weighted by molar-refractivity contribution is 0.0692. The van der Waals surface area contributed by atoms with Crippen LogP contribution in [0.2, 0.25) is 0 Å². The van der Waals surface area contributed by atoms with Crippen LogP contribution in [0.4, 0.5) is 5.00 Å². The van der Waals surface area contributed by atoms with Gasteiger partial charge in [-0.1, -0.05) is 26.7 Å². The van der Waals surface area contributed by atoms with Crippen molar-refractivity contribution in [2.75, 3.05) is 5.32 Å². The lowest BCUT2D eigenvalue weighted by atomic mass is 9.78. The van der Waals surface area contributed by atoms with Crippen LogP contribution in [-0.2, 0) is 0 Å². The van der Waals surface area contributed by atoms with Gasteiger partial charge in [0, 0.05) is 6.04 Å². The largest absolute Gasteiger partial charge is 0.476 e. The molecule has 94 valence electrons. The van der Waals surface area contributed by atoms with Gasteiger partial charge in [-0.25, -0.2) is 9.78 Å². The van der Waals surface area contributed by atoms with Gasteiger partial charge in [-0.2, -0.15) is 0 Å². The summed E-state index contributed by atoms with van der Waals surface area (Å²) in [7, 11) is 0. The maximum Gasteiger partial charge on any atom is 0.357 e. The molecular formula is C12H18N2O2S. The SMILES string of the molecule is CC1CCCC(Nc2scnc2C(=O)O)C1C. The van der Waals surface area contributed by atoms with Crippen molar-refractivity contribution in [3.05, 3.63) is 11.2 Å². The van der Waals surface area contributed by atoms with E-state index in [1.54, 1.807) is 5.51 Å². The first-order chi connectivity index (χ1) is 8.09. The van der Waals surface area contributed by atoms with E-state index in [0.29, 0.717) is 22.9 Å². The quantitative estimate of drug-likeness (QED) is 0.870. The molecule has 0 amide bonds. The van der Waals surface area contributed by atoms with Gasteiger partial charge >= 0.3 is 5.97 Å². The number of carboxylic acid groups (broad SMARTS) is 1. The van der Waals surface area contributed by atoms with Crippen LogP contribution < -0.4 is 5.32 Å². The molecule has 4 nitrogen and oxygen atoms in total. The number of hydrogen-bond donors (Lipinski definition) is 2. The third kappa shape index (κ3) is 2.60. The monoisotopic (exact) mass is 254 g/mol. The number of nitrogens with zero attached hydrogens (tertiary/aromatic N) is 1. The van der Waals surface area contributed by atoms with Gasteiger partial charge in [-0.3, -0.25) is 0 Å². The topological polar surface area (TPSA) is 62.2 Å². The Labute approximate surface area is 105 Å². The van der Waals surface area contributed by atoms with Crippen LogP contribution >= 0.6 is 11.3 Å². The molecule has 1 heterocycles. The second kappa shape index (κ2) is 5.04. The Morgan fingerprint density at radius 2 is 2.29 bits per heavy atom. The van der Waals surface area contributed by atoms with Crippen molar-refractivity contribution in [3.63, 3.8) is 0 Å². The van der Waals surface area contributed by atoms with Gasteiger partial charge in [-0.05, 0) is 18.3 Å². The fourth-order valence-corrected chi connectivity index (χ4v) is 3.19. The van der Waals surface area contributed by atoms with E-state index in [0.717, 1.165) is 6.42 Å². The third-order valence-electron chi connectivity index (χ3n) is 3.79. The summed E-state index contributed by atoms with van der Waals surface area (Å²) in [5, 5.41) is 13.1. The predicted molar refractivity (Wildman–Crippen MR) is 68.7 cm³/mol. The molecule has 0 aliphatic heterocycles. The van der Waals surface area contributed by atoms with Crippen molar-refractivity contribution < 1.29 is 9.90 Å². The molecule has 3 atom stereocenters. The molecule has 3 unspecified atom stereocenters. The zero-order valence-electron chi connectivity index (χ0n) is 10.1. The van der Waals surface area contributed by atoms with Crippen molar-refractivity contribution >= 4 is 22.3 Å². The first kappa shape index (κ1) is 12.4. The average Bonchev–Trinajstić information content (AvgIpc) is 2.73. The van der Waals surface area contributed by atoms with Crippen molar-refractivity contribution in [2.45, 2.75) is 39.2 Å². The van der Waals surface area contributed by atoms with E-state index in [1.165, 1.54) is 24.2 Å². The Hall–Kier alpha value is -1.10. The molecule has 0 spiro atoms. The molecular weight excluding hydrogens is 236 g/mol. The fourth-order valence-electron chi connectivity index (χ4n) is 2.46. The molecule has 0 saturated heterocycles. The summed E-state index contributed by atoms with van der Waals surface area (Å²) in [5.74, 6) is 0.320. The molecule has 1 fully saturated rings. The van der Waals surface area contributed by atoms with Crippen molar-refractivity contribution in [2.24, 2.45) is 11.8 Å². The second-order valence-electron chi connectivity index (χ2n) is 4.85. The highest BCUT2D eigenvalue weighted by Gasteiger charge is 2.28. The zero-order valence-corrected chi connectivity index (χ0v) is 11.0. The standard InChI is InChI=1S/C12H18N2O2S/c1-7-4-3-5-9(8(7)2)14-11-10(12(15)16)13-6-17-11/h6-9,14H,3-5H2,1-2H3,(H,15,16). The van der Waals surface area contributed by atoms with Crippen LogP contribution in [0, 0.1) is 11.8 Å². The van der Waals surface area contributed by atoms with Gasteiger partial charge in [0.2, 0.25) is 0 Å². The molecule has 5 heteroatoms. The highest BCUT2D eigenvalue weighted by molar-refractivity contribution is 7.14. The van der Waals surface area contributed by atoms with Crippen molar-refractivity contribution in [1.29, 1.82) is 0 Å². The molecule has 0 bridgehead atoms. The van der Waals surface area contributed by atoms with Crippen LogP contribution in [0.1, 0.15) is 43.6 Å². The Bertz CT molecular complexity index is 405. The van der Waals surface area contributed by atoms with E-state index in [2.05, 4.69) is 24.1 Å². The lowest BCUT2D eigenvalue weighted by Gasteiger charge is -2.34. The summed E-state index contributed by atoms with van der Waals surface area (Å²) in [6.07, 6.45) is 3.60. The minimum Gasteiger partial charge on any atom is -0.476 e. The van der Waals surface area contributed by atoms with Crippen LogP contribution in [0.3, 0.4) is 0 Å². The molecule has 1 saturated carbocycles. The molecule has 1 aliphatic carbocycles. The number of anilines is 1. The van der Waals surface area contributed by atoms with Crippen molar-refractivity contribution in [1.82, 2.24) is 4.98 Å². The molecule has 1 aromatic rings. The Kier molecular flexibility index (Phi) is 3.66. The summed E-state index contributed by atoms with van der Waals surface area (Å²) in [5.41, 5.74) is 1.74. The van der Waals surface area contributed by atoms with Gasteiger partial charge in [0.25, 0.3) is 0 Å². The normalized spacial score (nSPS) is 28.9. The van der Waals surface area contributed by atoms with Gasteiger partial charge < -0.3 is 10.4 Å². The highest BCUT2D eigenvalue weighted by Crippen LogP contribution is 2.33. The van der Waals surface area contributed by atoms with Crippen LogP contribution in [0.25, 0.3) is 0 Å². The minimum atomic E-state index is -0.953. The maximum absolute atomic E-state index is 11.0. The van der Waals surface area contributed by atoms with Crippen LogP contribution in [0.15, 0.2) is 5.51 Å². The van der Waals surface area contributed by atoms with Gasteiger partial charge in [0.15, 0.2) is 5.69 Å². The average molecular weight is 254 g/mol. The molecule has 0 radical (unpaired) electrons. The molecule has 2 rings (SSSR count). The Morgan fingerprint density at radius 1 is 1.53 bits per heavy atom. The van der Waals surface area contributed by atoms with E-state index >= 15 is 0 Å². The number of rotatable bonds is 3. The number of nitrogens with one attached hydrogen (secondary N) is 1. The molecule has 2 N–H and O–H groups in total. The number of thiazole rings is 1. The summed E-state index contributed by atoms with van der Waals surface area (Å²) in [4.78, 5) is 14.9. The van der Waals surface area contributed by atoms with Gasteiger partial charge in [-0.15, -0.1) is 11.3 Å². The minimum absolute atomic E-state index is 0.153. The summed E-state index contributed by atoms with van der Waals surface area (Å²) < 4.78 is 0. The van der Waals surface area contributed by atoms with E-state index in [9.17, 15) is 4.79 Å². The summed E-state index contributed by atoms with van der Waals surface area (Å²) >= 11 is 1.37. The fraction of sp³-hybridized carbons (Fsp3) is 0.667. The third-order valence-corrected chi connectivity index (χ3v) is 4.55. The highest BCUT2D eigenvalue weighted by atomic mass is 32.1. The van der Waals surface area contributed by atoms with E-state index in [4.69, 9.17) is 5.11 Å². The lowest BCUT2D eigenvalue weighted by Crippen LogP contribution is -2.35. The molecule has 1 aliphatic rings. The van der Waals surface area contributed by atoms with Crippen LogP contribution in [-0.4, -0.2) is 22.1 Å². The first-order valence-corrected chi connectivity index (χ1v) is 6.91. The summed E-state index contributed by atoms with van der Waals surface area (Å²) in [6, 6.07) is 0.372. The van der Waals surface area contributed by atoms with E-state index in [1.807, 2.05) is 0 Å². The number of aromatic nitrogens is 1. The Morgan fingerprint density at radius 3 is 3.00 bits per heavy atom. The number of carbonyl (C=O) groups is 1. The van der Waals surface area contributed by atoms with E-state index in [-0.39, 0.29) is 5.69 Å². The summed E-state index contributed by atoms with van der Waals surface area (Å²) in [6.45, 7) is 4.51. The van der Waals surface area contributed by atoms with Crippen molar-refractivity contribution in [3.8, 4) is 0 Å². The Balaban J connectivity index is 2.09. The smallest absolute Gasteiger partial charge is 0.357 e. The second-order valence-corrected chi connectivity index (χ2v) is 5.71. The first-order valence-electron chi connectivity index (χ1n) is 6.03. The number of hydrogen-bond acceptors (Lipinski definition) is 4. The molecule has 17 heavy (non-hydrogen) atoms. The zero-order chi connectivity index (χ0) is 12.4. The van der Waals surface area contributed by atoms with Gasteiger partial charge in [0.05, 0.1) is 5.51 Å². The maximum atomic E-state index is 11.0. The van der Waals surface area contributed by atoms with E-state index < -0.39 is 5.97 Å². The number of aromatic carboxylic acids is 1. The predicted octanol–water partition coefficient (Wildman–Crippen LogP) is 3.08.